The molecule has 0 aromatic carbocycles. The minimum absolute atomic E-state index is 0.0182. The molecule has 1 saturated carbocycles. The van der Waals surface area contributed by atoms with Crippen LogP contribution in [0.2, 0.25) is 0 Å². The summed E-state index contributed by atoms with van der Waals surface area (Å²) < 4.78 is 4.59. The summed E-state index contributed by atoms with van der Waals surface area (Å²) in [5.41, 5.74) is -0.691. The molecular weight excluding hydrogens is 174 g/mol. The van der Waals surface area contributed by atoms with Gasteiger partial charge in [-0.1, -0.05) is 0 Å². The Morgan fingerprint density at radius 3 is 2.54 bits per heavy atom. The zero-order valence-corrected chi connectivity index (χ0v) is 7.50. The topological polar surface area (TPSA) is 75.6 Å². The molecule has 0 spiro atoms. The molecule has 1 fully saturated rings. The molecule has 1 rings (SSSR count). The molecule has 1 amide bonds. The summed E-state index contributed by atoms with van der Waals surface area (Å²) >= 11 is 0. The van der Waals surface area contributed by atoms with Gasteiger partial charge in [-0.05, 0) is 12.8 Å². The number of aliphatic carboxylic acids is 1. The molecule has 13 heavy (non-hydrogen) atoms. The highest BCUT2D eigenvalue weighted by Crippen LogP contribution is 2.45. The summed E-state index contributed by atoms with van der Waals surface area (Å²) in [7, 11) is 1.42. The number of nitrogens with one attached hydrogen (secondary N) is 1. The molecule has 0 aromatic rings. The molecule has 5 heteroatoms. The lowest BCUT2D eigenvalue weighted by Crippen LogP contribution is -2.35. The van der Waals surface area contributed by atoms with Gasteiger partial charge in [0, 0.05) is 13.7 Å². The number of rotatable bonds is 5. The van der Waals surface area contributed by atoms with Gasteiger partial charge in [-0.15, -0.1) is 0 Å². The van der Waals surface area contributed by atoms with Gasteiger partial charge in [0.15, 0.2) is 0 Å². The Morgan fingerprint density at radius 1 is 1.54 bits per heavy atom. The van der Waals surface area contributed by atoms with Crippen LogP contribution in [0.5, 0.6) is 0 Å². The molecule has 74 valence electrons. The molecule has 0 bridgehead atoms. The maximum atomic E-state index is 10.9. The van der Waals surface area contributed by atoms with E-state index in [0.29, 0.717) is 12.8 Å². The van der Waals surface area contributed by atoms with Crippen molar-refractivity contribution >= 4 is 11.9 Å². The maximum Gasteiger partial charge on any atom is 0.311 e. The highest BCUT2D eigenvalue weighted by atomic mass is 16.5. The van der Waals surface area contributed by atoms with Crippen LogP contribution in [0.15, 0.2) is 0 Å². The Kier molecular flexibility index (Phi) is 2.87. The highest BCUT2D eigenvalue weighted by Gasteiger charge is 2.50. The first-order chi connectivity index (χ1) is 6.10. The zero-order chi connectivity index (χ0) is 9.90. The van der Waals surface area contributed by atoms with Crippen LogP contribution >= 0.6 is 0 Å². The lowest BCUT2D eigenvalue weighted by molar-refractivity contribution is -0.143. The summed E-state index contributed by atoms with van der Waals surface area (Å²) in [4.78, 5) is 21.6. The van der Waals surface area contributed by atoms with Gasteiger partial charge < -0.3 is 15.2 Å². The molecule has 1 aliphatic rings. The van der Waals surface area contributed by atoms with Gasteiger partial charge in [-0.2, -0.15) is 0 Å². The van der Waals surface area contributed by atoms with Crippen LogP contribution in [0.4, 0.5) is 0 Å². The van der Waals surface area contributed by atoms with Crippen LogP contribution in [0.25, 0.3) is 0 Å². The van der Waals surface area contributed by atoms with Crippen LogP contribution in [0, 0.1) is 5.41 Å². The Morgan fingerprint density at radius 2 is 2.15 bits per heavy atom. The minimum Gasteiger partial charge on any atom is -0.481 e. The SMILES string of the molecule is COCC(=O)NCC1(C(=O)O)CC1. The maximum absolute atomic E-state index is 10.9. The van der Waals surface area contributed by atoms with Crippen molar-refractivity contribution in [2.75, 3.05) is 20.3 Å². The number of methoxy groups -OCH3 is 1. The molecule has 0 heterocycles. The largest absolute Gasteiger partial charge is 0.481 e. The van der Waals surface area contributed by atoms with Crippen molar-refractivity contribution in [1.29, 1.82) is 0 Å². The molecule has 0 saturated heterocycles. The number of hydrogen-bond donors (Lipinski definition) is 2. The molecule has 0 atom stereocenters. The van der Waals surface area contributed by atoms with E-state index in [-0.39, 0.29) is 19.1 Å². The predicted octanol–water partition coefficient (Wildman–Crippen LogP) is -0.386. The Labute approximate surface area is 76.1 Å². The fraction of sp³-hybridized carbons (Fsp3) is 0.750. The van der Waals surface area contributed by atoms with E-state index in [4.69, 9.17) is 5.11 Å². The third-order valence-electron chi connectivity index (χ3n) is 2.21. The predicted molar refractivity (Wildman–Crippen MR) is 44.2 cm³/mol. The van der Waals surface area contributed by atoms with Crippen LogP contribution in [-0.2, 0) is 14.3 Å². The van der Waals surface area contributed by atoms with Crippen molar-refractivity contribution in [3.05, 3.63) is 0 Å². The first-order valence-corrected chi connectivity index (χ1v) is 4.10. The van der Waals surface area contributed by atoms with E-state index in [2.05, 4.69) is 10.1 Å². The van der Waals surface area contributed by atoms with Crippen molar-refractivity contribution in [2.24, 2.45) is 5.41 Å². The normalized spacial score (nSPS) is 17.9. The van der Waals surface area contributed by atoms with Crippen molar-refractivity contribution in [2.45, 2.75) is 12.8 Å². The molecular formula is C8H13NO4. The number of carbonyl (C=O) groups is 2. The number of hydrogen-bond acceptors (Lipinski definition) is 3. The first-order valence-electron chi connectivity index (χ1n) is 4.10. The van der Waals surface area contributed by atoms with E-state index in [9.17, 15) is 9.59 Å². The van der Waals surface area contributed by atoms with Gasteiger partial charge >= 0.3 is 5.97 Å². The average Bonchev–Trinajstić information content (AvgIpc) is 2.82. The monoisotopic (exact) mass is 187 g/mol. The molecule has 0 aromatic heterocycles. The van der Waals surface area contributed by atoms with Gasteiger partial charge in [-0.25, -0.2) is 0 Å². The van der Waals surface area contributed by atoms with Crippen molar-refractivity contribution in [3.63, 3.8) is 0 Å². The van der Waals surface area contributed by atoms with Crippen LogP contribution in [0.1, 0.15) is 12.8 Å². The van der Waals surface area contributed by atoms with Gasteiger partial charge in [0.2, 0.25) is 5.91 Å². The lowest BCUT2D eigenvalue weighted by atomic mass is 10.1. The van der Waals surface area contributed by atoms with Crippen molar-refractivity contribution in [3.8, 4) is 0 Å². The lowest BCUT2D eigenvalue weighted by Gasteiger charge is -2.10. The fourth-order valence-electron chi connectivity index (χ4n) is 1.07. The summed E-state index contributed by atoms with van der Waals surface area (Å²) in [6.07, 6.45) is 1.30. The third kappa shape index (κ3) is 2.42. The van der Waals surface area contributed by atoms with E-state index in [1.165, 1.54) is 7.11 Å². The summed E-state index contributed by atoms with van der Waals surface area (Å²) in [5, 5.41) is 11.3. The van der Waals surface area contributed by atoms with E-state index in [1.807, 2.05) is 0 Å². The summed E-state index contributed by atoms with van der Waals surface area (Å²) in [6.45, 7) is 0.195. The standard InChI is InChI=1S/C8H13NO4/c1-13-4-6(10)9-5-8(2-3-8)7(11)12/h2-5H2,1H3,(H,9,10)(H,11,12). The Balaban J connectivity index is 2.26. The number of carboxylic acids is 1. The second-order valence-electron chi connectivity index (χ2n) is 3.30. The number of carboxylic acid groups (broad SMARTS) is 1. The average molecular weight is 187 g/mol. The quantitative estimate of drug-likeness (QED) is 0.614. The molecule has 2 N–H and O–H groups in total. The first kappa shape index (κ1) is 9.98. The second-order valence-corrected chi connectivity index (χ2v) is 3.30. The van der Waals surface area contributed by atoms with E-state index in [0.717, 1.165) is 0 Å². The molecule has 5 nitrogen and oxygen atoms in total. The number of amides is 1. The van der Waals surface area contributed by atoms with Gasteiger partial charge in [-0.3, -0.25) is 9.59 Å². The Bertz CT molecular complexity index is 222. The van der Waals surface area contributed by atoms with Crippen LogP contribution in [-0.4, -0.2) is 37.2 Å². The molecule has 0 unspecified atom stereocenters. The third-order valence-corrected chi connectivity index (χ3v) is 2.21. The number of carbonyl (C=O) groups excluding carboxylic acids is 1. The van der Waals surface area contributed by atoms with Crippen LogP contribution in [0.3, 0.4) is 0 Å². The molecule has 0 radical (unpaired) electrons. The van der Waals surface area contributed by atoms with Crippen molar-refractivity contribution in [1.82, 2.24) is 5.32 Å². The number of ether oxygens (including phenoxy) is 1. The van der Waals surface area contributed by atoms with E-state index in [1.54, 1.807) is 0 Å². The van der Waals surface area contributed by atoms with Gasteiger partial charge in [0.25, 0.3) is 0 Å². The summed E-state index contributed by atoms with van der Waals surface area (Å²) in [6, 6.07) is 0. The minimum atomic E-state index is -0.829. The molecule has 0 aliphatic heterocycles. The van der Waals surface area contributed by atoms with Crippen LogP contribution < -0.4 is 5.32 Å². The smallest absolute Gasteiger partial charge is 0.311 e. The van der Waals surface area contributed by atoms with Gasteiger partial charge in [0.05, 0.1) is 5.41 Å². The zero-order valence-electron chi connectivity index (χ0n) is 7.50. The van der Waals surface area contributed by atoms with E-state index >= 15 is 0 Å². The van der Waals surface area contributed by atoms with Crippen molar-refractivity contribution < 1.29 is 19.4 Å². The van der Waals surface area contributed by atoms with Gasteiger partial charge in [0.1, 0.15) is 6.61 Å². The van der Waals surface area contributed by atoms with E-state index < -0.39 is 11.4 Å². The fourth-order valence-corrected chi connectivity index (χ4v) is 1.07. The molecule has 1 aliphatic carbocycles. The Hall–Kier alpha value is -1.10. The highest BCUT2D eigenvalue weighted by molar-refractivity contribution is 5.81. The second kappa shape index (κ2) is 3.74. The summed E-state index contributed by atoms with van der Waals surface area (Å²) in [5.74, 6) is -1.10.